The van der Waals surface area contributed by atoms with Crippen molar-refractivity contribution < 1.29 is 26.3 Å². The van der Waals surface area contributed by atoms with Gasteiger partial charge in [-0.2, -0.15) is 4.57 Å². The van der Waals surface area contributed by atoms with E-state index in [9.17, 15) is 4.79 Å². The second kappa shape index (κ2) is 6.46. The number of Topliss-reactive ketones (excluding diaryl/α,β-unsaturated/α-hetero) is 1. The SMILES string of the molecule is O=C(C[n+]1ccc2ccnc3c2c1-c1ccccc1-3)c1ccccc1.[Br-]. The first-order chi connectivity index (χ1) is 12.3. The van der Waals surface area contributed by atoms with Crippen molar-refractivity contribution >= 4 is 16.6 Å². The molecule has 0 bridgehead atoms. The first-order valence-corrected chi connectivity index (χ1v) is 8.32. The third-order valence-electron chi connectivity index (χ3n) is 4.79. The van der Waals surface area contributed by atoms with Gasteiger partial charge in [-0.15, -0.1) is 0 Å². The highest BCUT2D eigenvalue weighted by Crippen LogP contribution is 2.43. The average Bonchev–Trinajstić information content (AvgIpc) is 3.01. The summed E-state index contributed by atoms with van der Waals surface area (Å²) in [6.45, 7) is 0.317. The molecule has 0 spiro atoms. The fourth-order valence-electron chi connectivity index (χ4n) is 3.64. The molecule has 0 aliphatic heterocycles. The molecule has 1 aliphatic carbocycles. The van der Waals surface area contributed by atoms with Gasteiger partial charge < -0.3 is 17.0 Å². The van der Waals surface area contributed by atoms with Gasteiger partial charge in [-0.25, -0.2) is 0 Å². The molecule has 0 atom stereocenters. The van der Waals surface area contributed by atoms with Gasteiger partial charge in [0.15, 0.2) is 6.20 Å². The van der Waals surface area contributed by atoms with Crippen LogP contribution in [0.15, 0.2) is 79.1 Å². The van der Waals surface area contributed by atoms with Gasteiger partial charge in [0.2, 0.25) is 18.0 Å². The van der Waals surface area contributed by atoms with Crippen molar-refractivity contribution in [3.8, 4) is 22.5 Å². The van der Waals surface area contributed by atoms with E-state index in [0.717, 1.165) is 38.9 Å². The monoisotopic (exact) mass is 402 g/mol. The Kier molecular flexibility index (Phi) is 4.13. The van der Waals surface area contributed by atoms with Gasteiger partial charge in [0.05, 0.1) is 16.6 Å². The van der Waals surface area contributed by atoms with Crippen LogP contribution in [0.5, 0.6) is 0 Å². The van der Waals surface area contributed by atoms with E-state index < -0.39 is 0 Å². The molecule has 0 amide bonds. The first kappa shape index (κ1) is 16.6. The van der Waals surface area contributed by atoms with E-state index in [0.29, 0.717) is 6.54 Å². The van der Waals surface area contributed by atoms with Crippen LogP contribution in [0, 0.1) is 0 Å². The summed E-state index contributed by atoms with van der Waals surface area (Å²) >= 11 is 0. The van der Waals surface area contributed by atoms with E-state index in [2.05, 4.69) is 27.8 Å². The minimum atomic E-state index is 0. The van der Waals surface area contributed by atoms with E-state index in [-0.39, 0.29) is 22.8 Å². The lowest BCUT2D eigenvalue weighted by Gasteiger charge is -2.04. The van der Waals surface area contributed by atoms with E-state index in [1.165, 1.54) is 0 Å². The largest absolute Gasteiger partial charge is 1.00 e. The maximum atomic E-state index is 12.7. The van der Waals surface area contributed by atoms with Gasteiger partial charge in [0.1, 0.15) is 0 Å². The maximum Gasteiger partial charge on any atom is 0.227 e. The number of carbonyl (C=O) groups excluding carboxylic acids is 1. The van der Waals surface area contributed by atoms with E-state index >= 15 is 0 Å². The van der Waals surface area contributed by atoms with Crippen LogP contribution < -0.4 is 21.5 Å². The number of rotatable bonds is 3. The second-order valence-corrected chi connectivity index (χ2v) is 6.25. The summed E-state index contributed by atoms with van der Waals surface area (Å²) in [5.41, 5.74) is 5.10. The fourth-order valence-corrected chi connectivity index (χ4v) is 3.64. The van der Waals surface area contributed by atoms with Crippen molar-refractivity contribution in [3.63, 3.8) is 0 Å². The normalized spacial score (nSPS) is 11.1. The summed E-state index contributed by atoms with van der Waals surface area (Å²) in [5, 5.41) is 2.28. The van der Waals surface area contributed by atoms with Crippen molar-refractivity contribution in [1.29, 1.82) is 0 Å². The highest BCUT2D eigenvalue weighted by atomic mass is 79.9. The number of hydrogen-bond acceptors (Lipinski definition) is 2. The predicted octanol–water partition coefficient (Wildman–Crippen LogP) is 1.06. The number of halogens is 1. The van der Waals surface area contributed by atoms with Gasteiger partial charge in [0, 0.05) is 23.4 Å². The number of hydrogen-bond donors (Lipinski definition) is 0. The Labute approximate surface area is 161 Å². The third kappa shape index (κ3) is 2.45. The molecule has 126 valence electrons. The zero-order chi connectivity index (χ0) is 16.8. The van der Waals surface area contributed by atoms with Crippen LogP contribution in [0.3, 0.4) is 0 Å². The zero-order valence-corrected chi connectivity index (χ0v) is 15.5. The molecule has 0 unspecified atom stereocenters. The molecular formula is C22H15BrN2O. The molecule has 0 saturated heterocycles. The van der Waals surface area contributed by atoms with Crippen LogP contribution in [0.25, 0.3) is 33.3 Å². The Morgan fingerprint density at radius 2 is 1.62 bits per heavy atom. The molecule has 0 fully saturated rings. The van der Waals surface area contributed by atoms with Crippen LogP contribution in [0.1, 0.15) is 10.4 Å². The number of aromatic nitrogens is 2. The Hall–Kier alpha value is -2.85. The number of pyridine rings is 2. The topological polar surface area (TPSA) is 33.8 Å². The zero-order valence-electron chi connectivity index (χ0n) is 13.9. The molecular weight excluding hydrogens is 388 g/mol. The number of nitrogens with zero attached hydrogens (tertiary/aromatic N) is 2. The molecule has 0 radical (unpaired) electrons. The Morgan fingerprint density at radius 3 is 2.42 bits per heavy atom. The van der Waals surface area contributed by atoms with Crippen molar-refractivity contribution in [2.75, 3.05) is 0 Å². The summed E-state index contributed by atoms with van der Waals surface area (Å²) < 4.78 is 2.05. The van der Waals surface area contributed by atoms with Gasteiger partial charge in [0.25, 0.3) is 0 Å². The Bertz CT molecular complexity index is 1140. The minimum Gasteiger partial charge on any atom is -1.00 e. The summed E-state index contributed by atoms with van der Waals surface area (Å²) in [6.07, 6.45) is 3.85. The molecule has 0 N–H and O–H groups in total. The molecule has 5 rings (SSSR count). The molecule has 1 aliphatic rings. The Balaban J connectivity index is 0.00000168. The highest BCUT2D eigenvalue weighted by Gasteiger charge is 2.31. The fraction of sp³-hybridized carbons (Fsp3) is 0.0455. The summed E-state index contributed by atoms with van der Waals surface area (Å²) in [6, 6.07) is 21.8. The number of carbonyl (C=O) groups is 1. The maximum absolute atomic E-state index is 12.7. The van der Waals surface area contributed by atoms with Gasteiger partial charge >= 0.3 is 0 Å². The minimum absolute atomic E-state index is 0. The lowest BCUT2D eigenvalue weighted by molar-refractivity contribution is -0.671. The first-order valence-electron chi connectivity index (χ1n) is 8.32. The Morgan fingerprint density at radius 1 is 0.885 bits per heavy atom. The summed E-state index contributed by atoms with van der Waals surface area (Å²) in [4.78, 5) is 17.3. The second-order valence-electron chi connectivity index (χ2n) is 6.25. The molecule has 4 aromatic rings. The number of ketones is 1. The van der Waals surface area contributed by atoms with Crippen LogP contribution in [-0.4, -0.2) is 10.8 Å². The number of fused-ring (bicyclic) bond motifs is 3. The van der Waals surface area contributed by atoms with Gasteiger partial charge in [-0.1, -0.05) is 48.5 Å². The lowest BCUT2D eigenvalue weighted by atomic mass is 10.1. The quantitative estimate of drug-likeness (QED) is 0.334. The predicted molar refractivity (Wildman–Crippen MR) is 97.1 cm³/mol. The standard InChI is InChI=1S/C22H15N2O.BrH/c25-19(15-6-2-1-3-7-15)14-24-13-11-16-10-12-23-21-17-8-4-5-9-18(17)22(24)20(16)21;/h1-13H,14H2;1H/q+1;/p-1. The van der Waals surface area contributed by atoms with Crippen molar-refractivity contribution in [1.82, 2.24) is 4.98 Å². The summed E-state index contributed by atoms with van der Waals surface area (Å²) in [5.74, 6) is 0.107. The summed E-state index contributed by atoms with van der Waals surface area (Å²) in [7, 11) is 0. The molecule has 2 aromatic heterocycles. The van der Waals surface area contributed by atoms with Gasteiger partial charge in [-0.05, 0) is 17.5 Å². The van der Waals surface area contributed by atoms with Gasteiger partial charge in [-0.3, -0.25) is 9.78 Å². The van der Waals surface area contributed by atoms with Crippen molar-refractivity contribution in [2.24, 2.45) is 0 Å². The molecule has 26 heavy (non-hydrogen) atoms. The molecule has 4 heteroatoms. The molecule has 2 heterocycles. The van der Waals surface area contributed by atoms with E-state index in [1.807, 2.05) is 60.9 Å². The smallest absolute Gasteiger partial charge is 0.227 e. The van der Waals surface area contributed by atoms with Crippen LogP contribution in [0.4, 0.5) is 0 Å². The third-order valence-corrected chi connectivity index (χ3v) is 4.79. The molecule has 0 saturated carbocycles. The van der Waals surface area contributed by atoms with Crippen LogP contribution >= 0.6 is 0 Å². The number of benzene rings is 2. The molecule has 2 aromatic carbocycles. The molecule has 3 nitrogen and oxygen atoms in total. The van der Waals surface area contributed by atoms with Crippen LogP contribution in [-0.2, 0) is 6.54 Å². The van der Waals surface area contributed by atoms with Crippen LogP contribution in [0.2, 0.25) is 0 Å². The lowest BCUT2D eigenvalue weighted by Crippen LogP contribution is -3.00. The average molecular weight is 403 g/mol. The van der Waals surface area contributed by atoms with Crippen molar-refractivity contribution in [3.05, 3.63) is 84.7 Å². The van der Waals surface area contributed by atoms with Crippen molar-refractivity contribution in [2.45, 2.75) is 6.54 Å². The van der Waals surface area contributed by atoms with E-state index in [4.69, 9.17) is 0 Å². The highest BCUT2D eigenvalue weighted by molar-refractivity contribution is 6.11. The van der Waals surface area contributed by atoms with E-state index in [1.54, 1.807) is 0 Å².